The number of carbonyl (C=O) groups is 1. The van der Waals surface area contributed by atoms with E-state index in [4.69, 9.17) is 16.3 Å². The highest BCUT2D eigenvalue weighted by molar-refractivity contribution is 6.31. The number of hydrogen-bond donors (Lipinski definition) is 2. The average molecular weight is 319 g/mol. The number of hydrogen-bond acceptors (Lipinski definition) is 2. The van der Waals surface area contributed by atoms with E-state index in [1.54, 1.807) is 0 Å². The van der Waals surface area contributed by atoms with E-state index in [9.17, 15) is 4.79 Å². The van der Waals surface area contributed by atoms with Crippen LogP contribution in [0.5, 0.6) is 0 Å². The third-order valence-electron chi connectivity index (χ3n) is 4.72. The molecule has 4 rings (SSSR count). The first-order chi connectivity index (χ1) is 10.7. The largest absolute Gasteiger partial charge is 0.368 e. The highest BCUT2D eigenvalue weighted by atomic mass is 35.5. The number of rotatable bonds is 2. The fraction of sp³-hybridized carbons (Fsp3) is 0.471. The minimum atomic E-state index is -0.247. The molecule has 1 aromatic heterocycles. The summed E-state index contributed by atoms with van der Waals surface area (Å²) < 4.78 is 5.46. The number of aromatic nitrogens is 1. The maximum atomic E-state index is 12.2. The van der Waals surface area contributed by atoms with E-state index in [1.807, 2.05) is 12.1 Å². The molecule has 1 aliphatic heterocycles. The monoisotopic (exact) mass is 318 g/mol. The van der Waals surface area contributed by atoms with Crippen molar-refractivity contribution in [1.82, 2.24) is 10.3 Å². The quantitative estimate of drug-likeness (QED) is 0.894. The first kappa shape index (κ1) is 14.1. The van der Waals surface area contributed by atoms with Crippen molar-refractivity contribution in [2.24, 2.45) is 0 Å². The fourth-order valence-corrected chi connectivity index (χ4v) is 3.77. The highest BCUT2D eigenvalue weighted by Crippen LogP contribution is 2.30. The summed E-state index contributed by atoms with van der Waals surface area (Å²) >= 11 is 6.06. The van der Waals surface area contributed by atoms with Gasteiger partial charge >= 0.3 is 0 Å². The minimum Gasteiger partial charge on any atom is -0.368 e. The van der Waals surface area contributed by atoms with Crippen molar-refractivity contribution in [3.63, 3.8) is 0 Å². The maximum absolute atomic E-state index is 12.2. The van der Waals surface area contributed by atoms with E-state index in [0.29, 0.717) is 6.61 Å². The van der Waals surface area contributed by atoms with Gasteiger partial charge in [0, 0.05) is 34.3 Å². The van der Waals surface area contributed by atoms with Crippen LogP contribution < -0.4 is 5.32 Å². The van der Waals surface area contributed by atoms with Gasteiger partial charge in [0.2, 0.25) is 5.91 Å². The number of aryl methyl sites for hydroxylation is 1. The van der Waals surface area contributed by atoms with Crippen molar-refractivity contribution in [3.8, 4) is 0 Å². The van der Waals surface area contributed by atoms with Crippen LogP contribution >= 0.6 is 11.6 Å². The third kappa shape index (κ3) is 2.50. The molecule has 2 heterocycles. The topological polar surface area (TPSA) is 54.1 Å². The second-order valence-corrected chi connectivity index (χ2v) is 6.66. The lowest BCUT2D eigenvalue weighted by Crippen LogP contribution is -2.43. The molecule has 4 nitrogen and oxygen atoms in total. The van der Waals surface area contributed by atoms with Crippen molar-refractivity contribution in [1.29, 1.82) is 0 Å². The van der Waals surface area contributed by atoms with Gasteiger partial charge in [0.05, 0.1) is 0 Å². The van der Waals surface area contributed by atoms with Crippen molar-refractivity contribution in [2.45, 2.75) is 44.2 Å². The van der Waals surface area contributed by atoms with Gasteiger partial charge in [0.1, 0.15) is 6.10 Å². The molecule has 0 spiro atoms. The normalized spacial score (nSPS) is 24.4. The summed E-state index contributed by atoms with van der Waals surface area (Å²) in [6.45, 7) is 0.704. The lowest BCUT2D eigenvalue weighted by molar-refractivity contribution is -0.130. The molecule has 1 fully saturated rings. The first-order valence-electron chi connectivity index (χ1n) is 7.91. The van der Waals surface area contributed by atoms with Crippen molar-refractivity contribution < 1.29 is 9.53 Å². The molecule has 2 aliphatic rings. The van der Waals surface area contributed by atoms with Gasteiger partial charge < -0.3 is 15.0 Å². The van der Waals surface area contributed by atoms with E-state index in [-0.39, 0.29) is 18.1 Å². The number of carbonyl (C=O) groups excluding carboxylic acids is 1. The lowest BCUT2D eigenvalue weighted by atomic mass is 9.91. The van der Waals surface area contributed by atoms with Gasteiger partial charge in [-0.2, -0.15) is 0 Å². The fourth-order valence-electron chi connectivity index (χ4n) is 3.60. The van der Waals surface area contributed by atoms with Crippen molar-refractivity contribution >= 4 is 28.4 Å². The SMILES string of the molecule is O=C(NC1CCc2[nH]c3cc(Cl)ccc3c2C1)C1CCCO1. The second kappa shape index (κ2) is 5.60. The molecule has 1 amide bonds. The zero-order valence-corrected chi connectivity index (χ0v) is 13.1. The number of fused-ring (bicyclic) bond motifs is 3. The number of ether oxygens (including phenoxy) is 1. The zero-order valence-electron chi connectivity index (χ0n) is 12.3. The van der Waals surface area contributed by atoms with Crippen LogP contribution in [0.4, 0.5) is 0 Å². The van der Waals surface area contributed by atoms with Gasteiger partial charge in [-0.1, -0.05) is 17.7 Å². The molecule has 1 aliphatic carbocycles. The van der Waals surface area contributed by atoms with Gasteiger partial charge in [0.15, 0.2) is 0 Å². The number of amides is 1. The Hall–Kier alpha value is -1.52. The van der Waals surface area contributed by atoms with Crippen LogP contribution in [0.2, 0.25) is 5.02 Å². The van der Waals surface area contributed by atoms with Crippen LogP contribution in [-0.4, -0.2) is 29.6 Å². The summed E-state index contributed by atoms with van der Waals surface area (Å²) in [5.41, 5.74) is 3.68. The molecule has 0 saturated carbocycles. The number of benzene rings is 1. The summed E-state index contributed by atoms with van der Waals surface area (Å²) in [6, 6.07) is 6.15. The molecule has 22 heavy (non-hydrogen) atoms. The Labute approximate surface area is 134 Å². The van der Waals surface area contributed by atoms with Gasteiger partial charge in [-0.25, -0.2) is 0 Å². The van der Waals surface area contributed by atoms with Crippen LogP contribution in [0, 0.1) is 0 Å². The molecular formula is C17H19ClN2O2. The maximum Gasteiger partial charge on any atom is 0.249 e. The van der Waals surface area contributed by atoms with Crippen LogP contribution in [0.3, 0.4) is 0 Å². The Kier molecular flexibility index (Phi) is 3.59. The highest BCUT2D eigenvalue weighted by Gasteiger charge is 2.28. The Morgan fingerprint density at radius 3 is 3.09 bits per heavy atom. The molecule has 1 saturated heterocycles. The predicted octanol–water partition coefficient (Wildman–Crippen LogP) is 2.97. The van der Waals surface area contributed by atoms with E-state index in [1.165, 1.54) is 16.6 Å². The summed E-state index contributed by atoms with van der Waals surface area (Å²) in [4.78, 5) is 15.7. The molecule has 2 atom stereocenters. The Morgan fingerprint density at radius 1 is 1.36 bits per heavy atom. The van der Waals surface area contributed by atoms with Gasteiger partial charge in [-0.15, -0.1) is 0 Å². The lowest BCUT2D eigenvalue weighted by Gasteiger charge is -2.24. The van der Waals surface area contributed by atoms with Crippen LogP contribution in [0.15, 0.2) is 18.2 Å². The second-order valence-electron chi connectivity index (χ2n) is 6.22. The number of aromatic amines is 1. The molecule has 0 bridgehead atoms. The first-order valence-corrected chi connectivity index (χ1v) is 8.29. The summed E-state index contributed by atoms with van der Waals surface area (Å²) in [5, 5.41) is 5.13. The van der Waals surface area contributed by atoms with Gasteiger partial charge in [0.25, 0.3) is 0 Å². The van der Waals surface area contributed by atoms with E-state index in [0.717, 1.165) is 42.6 Å². The van der Waals surface area contributed by atoms with E-state index < -0.39 is 0 Å². The van der Waals surface area contributed by atoms with Gasteiger partial charge in [-0.05, 0) is 49.8 Å². The van der Waals surface area contributed by atoms with E-state index in [2.05, 4.69) is 16.4 Å². The summed E-state index contributed by atoms with van der Waals surface area (Å²) in [5.74, 6) is 0.0498. The predicted molar refractivity (Wildman–Crippen MR) is 86.2 cm³/mol. The van der Waals surface area contributed by atoms with Crippen LogP contribution in [0.1, 0.15) is 30.5 Å². The van der Waals surface area contributed by atoms with Gasteiger partial charge in [-0.3, -0.25) is 4.79 Å². The van der Waals surface area contributed by atoms with Crippen LogP contribution in [0.25, 0.3) is 10.9 Å². The Balaban J connectivity index is 1.53. The Morgan fingerprint density at radius 2 is 2.27 bits per heavy atom. The van der Waals surface area contributed by atoms with Crippen molar-refractivity contribution in [2.75, 3.05) is 6.61 Å². The summed E-state index contributed by atoms with van der Waals surface area (Å²) in [7, 11) is 0. The molecular weight excluding hydrogens is 300 g/mol. The minimum absolute atomic E-state index is 0.0498. The molecule has 1 aromatic carbocycles. The average Bonchev–Trinajstić information content (AvgIpc) is 3.13. The number of halogens is 1. The molecule has 2 aromatic rings. The number of nitrogens with one attached hydrogen (secondary N) is 2. The van der Waals surface area contributed by atoms with Crippen molar-refractivity contribution in [3.05, 3.63) is 34.5 Å². The molecule has 2 N–H and O–H groups in total. The van der Waals surface area contributed by atoms with E-state index >= 15 is 0 Å². The number of H-pyrrole nitrogens is 1. The zero-order chi connectivity index (χ0) is 15.1. The standard InChI is InChI=1S/C17H19ClN2O2/c18-10-3-5-12-13-9-11(4-6-14(13)20-15(12)8-10)19-17(21)16-2-1-7-22-16/h3,5,8,11,16,20H,1-2,4,6-7,9H2,(H,19,21). The Bertz CT molecular complexity index is 719. The molecule has 2 unspecified atom stereocenters. The van der Waals surface area contributed by atoms with Crippen LogP contribution in [-0.2, 0) is 22.4 Å². The molecule has 116 valence electrons. The third-order valence-corrected chi connectivity index (χ3v) is 4.95. The molecule has 5 heteroatoms. The molecule has 0 radical (unpaired) electrons. The smallest absolute Gasteiger partial charge is 0.249 e. The summed E-state index contributed by atoms with van der Waals surface area (Å²) in [6.07, 6.45) is 4.37.